The largest absolute Gasteiger partial charge is 0.350 e. The van der Waals surface area contributed by atoms with Crippen LogP contribution in [0.25, 0.3) is 5.65 Å². The highest BCUT2D eigenvalue weighted by atomic mass is 15.4. The summed E-state index contributed by atoms with van der Waals surface area (Å²) in [5, 5.41) is 8.11. The Morgan fingerprint density at radius 2 is 2.05 bits per heavy atom. The van der Waals surface area contributed by atoms with E-state index < -0.39 is 0 Å². The fourth-order valence-corrected chi connectivity index (χ4v) is 2.97. The van der Waals surface area contributed by atoms with Gasteiger partial charge < -0.3 is 5.32 Å². The number of aryl methyl sites for hydroxylation is 1. The van der Waals surface area contributed by atoms with Gasteiger partial charge in [-0.05, 0) is 37.8 Å². The van der Waals surface area contributed by atoms with Gasteiger partial charge >= 0.3 is 0 Å². The molecule has 2 aromatic rings. The van der Waals surface area contributed by atoms with Gasteiger partial charge in [0.2, 0.25) is 5.95 Å². The normalized spacial score (nSPS) is 24.3. The summed E-state index contributed by atoms with van der Waals surface area (Å²) in [5.74, 6) is 1.48. The monoisotopic (exact) mass is 258 g/mol. The van der Waals surface area contributed by atoms with Gasteiger partial charge in [-0.3, -0.25) is 0 Å². The molecule has 0 amide bonds. The van der Waals surface area contributed by atoms with E-state index in [1.54, 1.807) is 0 Å². The topological polar surface area (TPSA) is 42.2 Å². The summed E-state index contributed by atoms with van der Waals surface area (Å²) in [5.41, 5.74) is 2.04. The van der Waals surface area contributed by atoms with Crippen LogP contribution in [0.4, 0.5) is 5.95 Å². The fourth-order valence-electron chi connectivity index (χ4n) is 2.97. The van der Waals surface area contributed by atoms with Gasteiger partial charge in [0.25, 0.3) is 0 Å². The molecular weight excluding hydrogens is 236 g/mol. The maximum atomic E-state index is 4.57. The summed E-state index contributed by atoms with van der Waals surface area (Å²) in [6.07, 6.45) is 6.57. The van der Waals surface area contributed by atoms with E-state index in [4.69, 9.17) is 0 Å². The minimum atomic E-state index is 0.514. The Bertz CT molecular complexity index is 560. The van der Waals surface area contributed by atoms with Crippen molar-refractivity contribution in [1.82, 2.24) is 14.6 Å². The van der Waals surface area contributed by atoms with Gasteiger partial charge in [-0.1, -0.05) is 32.3 Å². The molecule has 0 spiro atoms. The van der Waals surface area contributed by atoms with Gasteiger partial charge in [0.05, 0.1) is 0 Å². The number of hydrogen-bond acceptors (Lipinski definition) is 3. The smallest absolute Gasteiger partial charge is 0.243 e. The van der Waals surface area contributed by atoms with Crippen LogP contribution < -0.4 is 5.32 Å². The fraction of sp³-hybridized carbons (Fsp3) is 0.600. The van der Waals surface area contributed by atoms with Gasteiger partial charge in [-0.25, -0.2) is 4.52 Å². The third-order valence-electron chi connectivity index (χ3n) is 4.22. The van der Waals surface area contributed by atoms with Crippen molar-refractivity contribution in [3.05, 3.63) is 23.9 Å². The van der Waals surface area contributed by atoms with Crippen LogP contribution in [0.1, 0.15) is 44.7 Å². The zero-order chi connectivity index (χ0) is 13.2. The Morgan fingerprint density at radius 1 is 1.21 bits per heavy atom. The number of fused-ring (bicyclic) bond motifs is 1. The van der Waals surface area contributed by atoms with Crippen LogP contribution in [0.15, 0.2) is 18.2 Å². The second kappa shape index (κ2) is 5.19. The second-order valence-corrected chi connectivity index (χ2v) is 5.74. The Kier molecular flexibility index (Phi) is 3.40. The van der Waals surface area contributed by atoms with E-state index in [1.165, 1.54) is 32.1 Å². The predicted octanol–water partition coefficient (Wildman–Crippen LogP) is 3.42. The van der Waals surface area contributed by atoms with Crippen molar-refractivity contribution in [1.29, 1.82) is 0 Å². The van der Waals surface area contributed by atoms with Gasteiger partial charge in [0.15, 0.2) is 5.65 Å². The highest BCUT2D eigenvalue weighted by Crippen LogP contribution is 2.25. The molecule has 102 valence electrons. The molecule has 0 bridgehead atoms. The molecule has 0 radical (unpaired) electrons. The molecule has 1 fully saturated rings. The van der Waals surface area contributed by atoms with Crippen LogP contribution in [-0.2, 0) is 0 Å². The molecule has 3 rings (SSSR count). The zero-order valence-electron chi connectivity index (χ0n) is 11.8. The first kappa shape index (κ1) is 12.5. The standard InChI is InChI=1S/C15H22N4/c1-11-7-4-3-5-9-13(11)16-15-17-14-10-6-8-12(2)19(14)18-15/h6,8,10-11,13H,3-5,7,9H2,1-2H3,(H,16,18). The summed E-state index contributed by atoms with van der Waals surface area (Å²) in [7, 11) is 0. The zero-order valence-corrected chi connectivity index (χ0v) is 11.8. The Hall–Kier alpha value is -1.58. The summed E-state index contributed by atoms with van der Waals surface area (Å²) < 4.78 is 1.91. The summed E-state index contributed by atoms with van der Waals surface area (Å²) in [6.45, 7) is 4.39. The lowest BCUT2D eigenvalue weighted by Crippen LogP contribution is -2.26. The first-order chi connectivity index (χ1) is 9.24. The van der Waals surface area contributed by atoms with E-state index in [0.29, 0.717) is 12.0 Å². The Labute approximate surface area is 114 Å². The highest BCUT2D eigenvalue weighted by molar-refractivity contribution is 5.44. The number of hydrogen-bond donors (Lipinski definition) is 1. The molecule has 0 aromatic carbocycles. The minimum absolute atomic E-state index is 0.514. The summed E-state index contributed by atoms with van der Waals surface area (Å²) >= 11 is 0. The van der Waals surface area contributed by atoms with Crippen molar-refractivity contribution >= 4 is 11.6 Å². The van der Waals surface area contributed by atoms with E-state index >= 15 is 0 Å². The van der Waals surface area contributed by atoms with Crippen LogP contribution in [0.2, 0.25) is 0 Å². The highest BCUT2D eigenvalue weighted by Gasteiger charge is 2.21. The van der Waals surface area contributed by atoms with Crippen LogP contribution >= 0.6 is 0 Å². The molecule has 1 saturated carbocycles. The Balaban J connectivity index is 1.82. The van der Waals surface area contributed by atoms with E-state index in [1.807, 2.05) is 16.6 Å². The second-order valence-electron chi connectivity index (χ2n) is 5.74. The van der Waals surface area contributed by atoms with E-state index in [2.05, 4.69) is 35.3 Å². The molecule has 19 heavy (non-hydrogen) atoms. The van der Waals surface area contributed by atoms with E-state index in [-0.39, 0.29) is 0 Å². The van der Waals surface area contributed by atoms with Crippen molar-refractivity contribution in [2.75, 3.05) is 5.32 Å². The van der Waals surface area contributed by atoms with Crippen molar-refractivity contribution in [3.8, 4) is 0 Å². The van der Waals surface area contributed by atoms with Crippen molar-refractivity contribution < 1.29 is 0 Å². The molecular formula is C15H22N4. The van der Waals surface area contributed by atoms with Crippen LogP contribution in [0.5, 0.6) is 0 Å². The predicted molar refractivity (Wildman–Crippen MR) is 77.4 cm³/mol. The molecule has 0 aliphatic heterocycles. The SMILES string of the molecule is Cc1cccc2nc(NC3CCCCCC3C)nn12. The number of pyridine rings is 1. The van der Waals surface area contributed by atoms with Gasteiger partial charge in [-0.2, -0.15) is 4.98 Å². The van der Waals surface area contributed by atoms with Gasteiger partial charge in [-0.15, -0.1) is 5.10 Å². The summed E-state index contributed by atoms with van der Waals surface area (Å²) in [6, 6.07) is 6.60. The minimum Gasteiger partial charge on any atom is -0.350 e. The van der Waals surface area contributed by atoms with Crippen molar-refractivity contribution in [2.45, 2.75) is 52.0 Å². The van der Waals surface area contributed by atoms with E-state index in [9.17, 15) is 0 Å². The van der Waals surface area contributed by atoms with Crippen molar-refractivity contribution in [2.24, 2.45) is 5.92 Å². The number of rotatable bonds is 2. The van der Waals surface area contributed by atoms with Crippen LogP contribution in [0.3, 0.4) is 0 Å². The molecule has 2 heterocycles. The third kappa shape index (κ3) is 2.57. The third-order valence-corrected chi connectivity index (χ3v) is 4.22. The average Bonchev–Trinajstić information content (AvgIpc) is 2.70. The molecule has 1 N–H and O–H groups in total. The number of aromatic nitrogens is 3. The lowest BCUT2D eigenvalue weighted by atomic mass is 9.97. The van der Waals surface area contributed by atoms with Crippen LogP contribution in [0, 0.1) is 12.8 Å². The van der Waals surface area contributed by atoms with Crippen molar-refractivity contribution in [3.63, 3.8) is 0 Å². The number of nitrogens with one attached hydrogen (secondary N) is 1. The van der Waals surface area contributed by atoms with Crippen LogP contribution in [-0.4, -0.2) is 20.6 Å². The van der Waals surface area contributed by atoms with Gasteiger partial charge in [0.1, 0.15) is 0 Å². The molecule has 2 aromatic heterocycles. The van der Waals surface area contributed by atoms with Gasteiger partial charge in [0, 0.05) is 11.7 Å². The lowest BCUT2D eigenvalue weighted by Gasteiger charge is -2.21. The molecule has 0 saturated heterocycles. The molecule has 4 heteroatoms. The number of nitrogens with zero attached hydrogens (tertiary/aromatic N) is 3. The quantitative estimate of drug-likeness (QED) is 0.839. The maximum Gasteiger partial charge on any atom is 0.243 e. The average molecular weight is 258 g/mol. The molecule has 1 aliphatic carbocycles. The molecule has 4 nitrogen and oxygen atoms in total. The maximum absolute atomic E-state index is 4.57. The first-order valence-electron chi connectivity index (χ1n) is 7.33. The molecule has 1 aliphatic rings. The Morgan fingerprint density at radius 3 is 2.89 bits per heavy atom. The number of anilines is 1. The summed E-state index contributed by atoms with van der Waals surface area (Å²) in [4.78, 5) is 4.57. The van der Waals surface area contributed by atoms with E-state index in [0.717, 1.165) is 17.3 Å². The lowest BCUT2D eigenvalue weighted by molar-refractivity contribution is 0.454. The molecule has 2 unspecified atom stereocenters. The molecule has 2 atom stereocenters. The first-order valence-corrected chi connectivity index (χ1v) is 7.33.